The Morgan fingerprint density at radius 2 is 1.83 bits per heavy atom. The van der Waals surface area contributed by atoms with Gasteiger partial charge in [0.2, 0.25) is 0 Å². The Balaban J connectivity index is 2.31. The van der Waals surface area contributed by atoms with E-state index in [1.165, 1.54) is 17.8 Å². The van der Waals surface area contributed by atoms with Crippen molar-refractivity contribution in [1.82, 2.24) is 0 Å². The Kier molecular flexibility index (Phi) is 4.39. The minimum absolute atomic E-state index is 0.0296. The lowest BCUT2D eigenvalue weighted by Gasteiger charge is -2.12. The Hall–Kier alpha value is -1.32. The monoisotopic (exact) mass is 261 g/mol. The van der Waals surface area contributed by atoms with Crippen molar-refractivity contribution >= 4 is 11.8 Å². The lowest BCUT2D eigenvalue weighted by Crippen LogP contribution is -2.18. The topological polar surface area (TPSA) is 26.0 Å². The van der Waals surface area contributed by atoms with Gasteiger partial charge in [0, 0.05) is 10.9 Å². The molecule has 2 aromatic rings. The van der Waals surface area contributed by atoms with Gasteiger partial charge in [-0.3, -0.25) is 0 Å². The first-order valence-electron chi connectivity index (χ1n) is 5.92. The van der Waals surface area contributed by atoms with E-state index in [9.17, 15) is 4.39 Å². The second-order valence-electron chi connectivity index (χ2n) is 4.32. The van der Waals surface area contributed by atoms with E-state index < -0.39 is 0 Å². The van der Waals surface area contributed by atoms with Crippen LogP contribution in [0.2, 0.25) is 0 Å². The standard InChI is InChI=1S/C15H16FNS/c1-11(17)10-12-6-5-9-14(16)15(12)18-13-7-3-2-4-8-13/h2-9,11H,10,17H2,1H3. The number of rotatable bonds is 4. The highest BCUT2D eigenvalue weighted by molar-refractivity contribution is 7.99. The van der Waals surface area contributed by atoms with Crippen LogP contribution in [0, 0.1) is 5.82 Å². The van der Waals surface area contributed by atoms with E-state index in [2.05, 4.69) is 0 Å². The highest BCUT2D eigenvalue weighted by atomic mass is 32.2. The van der Waals surface area contributed by atoms with E-state index in [0.717, 1.165) is 10.5 Å². The molecule has 0 aliphatic heterocycles. The second kappa shape index (κ2) is 6.03. The van der Waals surface area contributed by atoms with Gasteiger partial charge in [-0.1, -0.05) is 42.1 Å². The summed E-state index contributed by atoms with van der Waals surface area (Å²) in [6.45, 7) is 1.93. The average Bonchev–Trinajstić information content (AvgIpc) is 2.34. The predicted molar refractivity (Wildman–Crippen MR) is 74.3 cm³/mol. The minimum atomic E-state index is -0.179. The van der Waals surface area contributed by atoms with Gasteiger partial charge in [-0.25, -0.2) is 4.39 Å². The highest BCUT2D eigenvalue weighted by Gasteiger charge is 2.11. The Morgan fingerprint density at radius 1 is 1.11 bits per heavy atom. The van der Waals surface area contributed by atoms with Crippen molar-refractivity contribution in [2.45, 2.75) is 29.2 Å². The number of hydrogen-bond acceptors (Lipinski definition) is 2. The summed E-state index contributed by atoms with van der Waals surface area (Å²) >= 11 is 1.45. The van der Waals surface area contributed by atoms with Crippen molar-refractivity contribution < 1.29 is 4.39 Å². The van der Waals surface area contributed by atoms with Crippen molar-refractivity contribution in [3.8, 4) is 0 Å². The molecule has 0 radical (unpaired) electrons. The minimum Gasteiger partial charge on any atom is -0.328 e. The maximum absolute atomic E-state index is 13.9. The summed E-state index contributed by atoms with van der Waals surface area (Å²) in [5.74, 6) is -0.179. The fourth-order valence-corrected chi connectivity index (χ4v) is 2.76. The zero-order chi connectivity index (χ0) is 13.0. The van der Waals surface area contributed by atoms with Gasteiger partial charge in [0.25, 0.3) is 0 Å². The third kappa shape index (κ3) is 3.34. The van der Waals surface area contributed by atoms with Gasteiger partial charge in [0.05, 0.1) is 4.90 Å². The van der Waals surface area contributed by atoms with E-state index >= 15 is 0 Å². The number of benzene rings is 2. The van der Waals surface area contributed by atoms with Crippen LogP contribution in [-0.4, -0.2) is 6.04 Å². The van der Waals surface area contributed by atoms with Crippen molar-refractivity contribution in [2.24, 2.45) is 5.73 Å². The molecule has 0 aromatic heterocycles. The molecule has 18 heavy (non-hydrogen) atoms. The second-order valence-corrected chi connectivity index (χ2v) is 5.41. The molecule has 2 aromatic carbocycles. The molecule has 0 aliphatic carbocycles. The van der Waals surface area contributed by atoms with E-state index in [-0.39, 0.29) is 11.9 Å². The zero-order valence-corrected chi connectivity index (χ0v) is 11.1. The maximum atomic E-state index is 13.9. The predicted octanol–water partition coefficient (Wildman–Crippen LogP) is 3.87. The number of hydrogen-bond donors (Lipinski definition) is 1. The molecule has 2 rings (SSSR count). The van der Waals surface area contributed by atoms with E-state index in [4.69, 9.17) is 5.73 Å². The molecular weight excluding hydrogens is 245 g/mol. The summed E-state index contributed by atoms with van der Waals surface area (Å²) < 4.78 is 13.9. The maximum Gasteiger partial charge on any atom is 0.137 e. The highest BCUT2D eigenvalue weighted by Crippen LogP contribution is 2.33. The molecule has 0 fully saturated rings. The fourth-order valence-electron chi connectivity index (χ4n) is 1.78. The molecule has 0 amide bonds. The van der Waals surface area contributed by atoms with Gasteiger partial charge >= 0.3 is 0 Å². The van der Waals surface area contributed by atoms with Crippen LogP contribution in [0.4, 0.5) is 4.39 Å². The molecule has 0 heterocycles. The lowest BCUT2D eigenvalue weighted by molar-refractivity contribution is 0.593. The lowest BCUT2D eigenvalue weighted by atomic mass is 10.1. The van der Waals surface area contributed by atoms with Gasteiger partial charge < -0.3 is 5.73 Å². The molecule has 1 unspecified atom stereocenters. The van der Waals surface area contributed by atoms with Gasteiger partial charge in [-0.15, -0.1) is 0 Å². The molecule has 0 aliphatic rings. The fraction of sp³-hybridized carbons (Fsp3) is 0.200. The summed E-state index contributed by atoms with van der Waals surface area (Å²) in [5.41, 5.74) is 6.78. The largest absolute Gasteiger partial charge is 0.328 e. The molecular formula is C15H16FNS. The molecule has 1 atom stereocenters. The first kappa shape index (κ1) is 13.1. The van der Waals surface area contributed by atoms with Crippen LogP contribution < -0.4 is 5.73 Å². The number of nitrogens with two attached hydrogens (primary N) is 1. The van der Waals surface area contributed by atoms with Crippen LogP contribution in [0.25, 0.3) is 0 Å². The molecule has 0 saturated heterocycles. The van der Waals surface area contributed by atoms with Crippen molar-refractivity contribution in [3.05, 3.63) is 59.9 Å². The van der Waals surface area contributed by atoms with Crippen LogP contribution in [0.5, 0.6) is 0 Å². The van der Waals surface area contributed by atoms with Gasteiger partial charge in [0.1, 0.15) is 5.82 Å². The van der Waals surface area contributed by atoms with Crippen LogP contribution in [-0.2, 0) is 6.42 Å². The van der Waals surface area contributed by atoms with E-state index in [1.54, 1.807) is 6.07 Å². The summed E-state index contributed by atoms with van der Waals surface area (Å²) in [7, 11) is 0. The first-order chi connectivity index (χ1) is 8.66. The smallest absolute Gasteiger partial charge is 0.137 e. The van der Waals surface area contributed by atoms with Crippen LogP contribution in [0.15, 0.2) is 58.3 Å². The molecule has 0 saturated carbocycles. The Morgan fingerprint density at radius 3 is 2.50 bits per heavy atom. The van der Waals surface area contributed by atoms with E-state index in [1.807, 2.05) is 43.3 Å². The molecule has 0 bridgehead atoms. The van der Waals surface area contributed by atoms with Crippen LogP contribution in [0.3, 0.4) is 0 Å². The number of halogens is 1. The van der Waals surface area contributed by atoms with Crippen LogP contribution in [0.1, 0.15) is 12.5 Å². The SMILES string of the molecule is CC(N)Cc1cccc(F)c1Sc1ccccc1. The quantitative estimate of drug-likeness (QED) is 0.904. The Labute approximate surface area is 111 Å². The summed E-state index contributed by atoms with van der Waals surface area (Å²) in [4.78, 5) is 1.72. The summed E-state index contributed by atoms with van der Waals surface area (Å²) in [6.07, 6.45) is 0.687. The molecule has 0 spiro atoms. The summed E-state index contributed by atoms with van der Waals surface area (Å²) in [6, 6.07) is 15.0. The summed E-state index contributed by atoms with van der Waals surface area (Å²) in [5, 5.41) is 0. The normalized spacial score (nSPS) is 12.4. The molecule has 3 heteroatoms. The van der Waals surface area contributed by atoms with Crippen molar-refractivity contribution in [3.63, 3.8) is 0 Å². The van der Waals surface area contributed by atoms with Gasteiger partial charge in [-0.2, -0.15) is 0 Å². The average molecular weight is 261 g/mol. The van der Waals surface area contributed by atoms with Gasteiger partial charge in [0.15, 0.2) is 0 Å². The van der Waals surface area contributed by atoms with Crippen molar-refractivity contribution in [2.75, 3.05) is 0 Å². The zero-order valence-electron chi connectivity index (χ0n) is 10.3. The third-order valence-electron chi connectivity index (χ3n) is 2.55. The Bertz CT molecular complexity index is 511. The van der Waals surface area contributed by atoms with E-state index in [0.29, 0.717) is 11.3 Å². The molecule has 94 valence electrons. The first-order valence-corrected chi connectivity index (χ1v) is 6.74. The van der Waals surface area contributed by atoms with Crippen LogP contribution >= 0.6 is 11.8 Å². The van der Waals surface area contributed by atoms with Gasteiger partial charge in [-0.05, 0) is 37.1 Å². The van der Waals surface area contributed by atoms with Crippen molar-refractivity contribution in [1.29, 1.82) is 0 Å². The third-order valence-corrected chi connectivity index (χ3v) is 3.72. The molecule has 2 N–H and O–H groups in total. The molecule has 1 nitrogen and oxygen atoms in total.